The Morgan fingerprint density at radius 2 is 2.10 bits per heavy atom. The van der Waals surface area contributed by atoms with Crippen LogP contribution in [0, 0.1) is 0 Å². The van der Waals surface area contributed by atoms with Crippen molar-refractivity contribution in [2.45, 2.75) is 45.0 Å². The van der Waals surface area contributed by atoms with Gasteiger partial charge in [0.05, 0.1) is 12.3 Å². The largest absolute Gasteiger partial charge is 0.492 e. The Kier molecular flexibility index (Phi) is 4.71. The molecule has 158 valence electrons. The summed E-state index contributed by atoms with van der Waals surface area (Å²) in [6, 6.07) is 3.36. The van der Waals surface area contributed by atoms with Crippen LogP contribution in [0.25, 0.3) is 5.76 Å². The summed E-state index contributed by atoms with van der Waals surface area (Å²) in [7, 11) is 0. The summed E-state index contributed by atoms with van der Waals surface area (Å²) in [6.07, 6.45) is 3.72. The van der Waals surface area contributed by atoms with Crippen LogP contribution in [0.15, 0.2) is 24.9 Å². The highest BCUT2D eigenvalue weighted by Gasteiger charge is 2.52. The summed E-state index contributed by atoms with van der Waals surface area (Å²) in [6.45, 7) is 8.70. The minimum atomic E-state index is -3.23. The van der Waals surface area contributed by atoms with Crippen molar-refractivity contribution in [3.63, 3.8) is 0 Å². The van der Waals surface area contributed by atoms with Crippen LogP contribution in [0.4, 0.5) is 26.1 Å². The van der Waals surface area contributed by atoms with E-state index in [1.54, 1.807) is 25.3 Å². The number of nitrogens with zero attached hydrogens (tertiary/aromatic N) is 4. The first-order valence-electron chi connectivity index (χ1n) is 9.78. The van der Waals surface area contributed by atoms with Gasteiger partial charge in [-0.3, -0.25) is 4.79 Å². The van der Waals surface area contributed by atoms with Crippen molar-refractivity contribution < 1.29 is 18.3 Å². The average Bonchev–Trinajstić information content (AvgIpc) is 3.37. The number of carbonyl (C=O) groups is 1. The Hall–Kier alpha value is -3.10. The molecular weight excluding hydrogens is 392 g/mol. The molecule has 1 spiro atoms. The van der Waals surface area contributed by atoms with Crippen LogP contribution in [0.1, 0.15) is 50.7 Å². The fraction of sp³-hybridized carbons (Fsp3) is 0.429. The smallest absolute Gasteiger partial charge is 0.303 e. The van der Waals surface area contributed by atoms with Gasteiger partial charge in [-0.2, -0.15) is 8.78 Å². The molecule has 0 saturated heterocycles. The van der Waals surface area contributed by atoms with Crippen LogP contribution in [0.3, 0.4) is 0 Å². The summed E-state index contributed by atoms with van der Waals surface area (Å²) in [5, 5.41) is 2.67. The Morgan fingerprint density at radius 3 is 2.70 bits per heavy atom. The maximum absolute atomic E-state index is 14.1. The number of carbonyl (C=O) groups excluding carboxylic acids is 1. The van der Waals surface area contributed by atoms with E-state index in [1.165, 1.54) is 6.92 Å². The normalized spacial score (nSPS) is 16.4. The molecule has 1 N–H and O–H groups in total. The lowest BCUT2D eigenvalue weighted by Gasteiger charge is -2.22. The van der Waals surface area contributed by atoms with E-state index in [4.69, 9.17) is 4.74 Å². The highest BCUT2D eigenvalue weighted by molar-refractivity contribution is 5.89. The first-order chi connectivity index (χ1) is 14.1. The lowest BCUT2D eigenvalue weighted by molar-refractivity contribution is -0.114. The number of pyridine rings is 1. The molecule has 4 rings (SSSR count). The molecule has 1 saturated carbocycles. The molecule has 1 fully saturated rings. The molecular formula is C21H23F2N5O2. The van der Waals surface area contributed by atoms with Crippen molar-refractivity contribution in [1.29, 1.82) is 0 Å². The summed E-state index contributed by atoms with van der Waals surface area (Å²) >= 11 is 0. The highest BCUT2D eigenvalue weighted by atomic mass is 19.3. The zero-order valence-corrected chi connectivity index (χ0v) is 17.1. The molecule has 2 aliphatic rings. The number of amides is 1. The second-order valence-corrected chi connectivity index (χ2v) is 7.81. The molecule has 0 radical (unpaired) electrons. The third-order valence-corrected chi connectivity index (χ3v) is 5.35. The summed E-state index contributed by atoms with van der Waals surface area (Å²) in [4.78, 5) is 25.8. The van der Waals surface area contributed by atoms with Crippen molar-refractivity contribution in [2.75, 3.05) is 23.4 Å². The summed E-state index contributed by atoms with van der Waals surface area (Å²) in [5.41, 5.74) is 1.98. The van der Waals surface area contributed by atoms with Crippen molar-refractivity contribution >= 4 is 29.0 Å². The van der Waals surface area contributed by atoms with E-state index in [9.17, 15) is 13.6 Å². The first kappa shape index (κ1) is 20.2. The van der Waals surface area contributed by atoms with Crippen molar-refractivity contribution in [1.82, 2.24) is 15.0 Å². The number of anilines is 3. The number of alkyl halides is 2. The van der Waals surface area contributed by atoms with Gasteiger partial charge in [0.2, 0.25) is 11.7 Å². The van der Waals surface area contributed by atoms with Gasteiger partial charge in [-0.15, -0.1) is 0 Å². The highest BCUT2D eigenvalue weighted by Crippen LogP contribution is 2.58. The lowest BCUT2D eigenvalue weighted by atomic mass is 10.0. The van der Waals surface area contributed by atoms with E-state index in [0.29, 0.717) is 24.8 Å². The fourth-order valence-corrected chi connectivity index (χ4v) is 3.74. The van der Waals surface area contributed by atoms with Crippen LogP contribution < -0.4 is 10.2 Å². The molecule has 1 aliphatic heterocycles. The molecule has 0 aromatic carbocycles. The third-order valence-electron chi connectivity index (χ3n) is 5.35. The summed E-state index contributed by atoms with van der Waals surface area (Å²) in [5.74, 6) is -3.11. The maximum atomic E-state index is 14.1. The van der Waals surface area contributed by atoms with E-state index in [2.05, 4.69) is 26.8 Å². The third kappa shape index (κ3) is 3.59. The fourth-order valence-electron chi connectivity index (χ4n) is 3.74. The number of aromatic nitrogens is 3. The molecule has 30 heavy (non-hydrogen) atoms. The molecule has 2 aromatic rings. The Morgan fingerprint density at radius 1 is 1.37 bits per heavy atom. The average molecular weight is 415 g/mol. The van der Waals surface area contributed by atoms with Gasteiger partial charge in [-0.25, -0.2) is 15.0 Å². The van der Waals surface area contributed by atoms with Crippen molar-refractivity contribution in [3.8, 4) is 0 Å². The number of fused-ring (bicyclic) bond motifs is 2. The molecule has 3 heterocycles. The monoisotopic (exact) mass is 415 g/mol. The van der Waals surface area contributed by atoms with Gasteiger partial charge < -0.3 is 15.0 Å². The van der Waals surface area contributed by atoms with Gasteiger partial charge in [0.25, 0.3) is 0 Å². The summed E-state index contributed by atoms with van der Waals surface area (Å²) < 4.78 is 33.7. The van der Waals surface area contributed by atoms with Crippen molar-refractivity contribution in [2.24, 2.45) is 0 Å². The van der Waals surface area contributed by atoms with E-state index in [0.717, 1.165) is 31.0 Å². The Bertz CT molecular complexity index is 1030. The standard InChI is InChI=1S/C21H23F2N5O2/c1-5-30-12(2)15-8-18(27-19(26-15)20(4,22)23)28-11-21(6-7-21)14-10-24-17(9-16(14)28)25-13(3)29/h8-10H,2,5-7,11H2,1,3-4H3,(H,24,25,29). The minimum Gasteiger partial charge on any atom is -0.492 e. The number of hydrogen-bond acceptors (Lipinski definition) is 6. The van der Waals surface area contributed by atoms with Gasteiger partial charge in [0, 0.05) is 49.7 Å². The van der Waals surface area contributed by atoms with Crippen LogP contribution in [0.5, 0.6) is 0 Å². The number of rotatable bonds is 6. The van der Waals surface area contributed by atoms with Crippen molar-refractivity contribution in [3.05, 3.63) is 42.0 Å². The molecule has 1 amide bonds. The van der Waals surface area contributed by atoms with E-state index in [-0.39, 0.29) is 22.8 Å². The second-order valence-electron chi connectivity index (χ2n) is 7.81. The molecule has 1 aliphatic carbocycles. The zero-order chi connectivity index (χ0) is 21.7. The van der Waals surface area contributed by atoms with Crippen LogP contribution in [-0.4, -0.2) is 34.0 Å². The minimum absolute atomic E-state index is 0.0615. The van der Waals surface area contributed by atoms with E-state index in [1.807, 2.05) is 4.90 Å². The van der Waals surface area contributed by atoms with Gasteiger partial charge in [0.15, 0.2) is 0 Å². The lowest BCUT2D eigenvalue weighted by Crippen LogP contribution is -2.23. The Balaban J connectivity index is 1.82. The van der Waals surface area contributed by atoms with Gasteiger partial charge in [-0.1, -0.05) is 6.58 Å². The molecule has 2 aromatic heterocycles. The quantitative estimate of drug-likeness (QED) is 0.715. The second kappa shape index (κ2) is 7.00. The molecule has 9 heteroatoms. The number of halogens is 2. The van der Waals surface area contributed by atoms with Crippen LogP contribution in [0.2, 0.25) is 0 Å². The first-order valence-corrected chi connectivity index (χ1v) is 9.78. The number of nitrogens with one attached hydrogen (secondary N) is 1. The molecule has 7 nitrogen and oxygen atoms in total. The van der Waals surface area contributed by atoms with Gasteiger partial charge >= 0.3 is 5.92 Å². The Labute approximate surface area is 173 Å². The number of ether oxygens (including phenoxy) is 1. The molecule has 0 bridgehead atoms. The van der Waals surface area contributed by atoms with Crippen LogP contribution in [-0.2, 0) is 20.9 Å². The van der Waals surface area contributed by atoms with Gasteiger partial charge in [-0.05, 0) is 19.8 Å². The number of hydrogen-bond donors (Lipinski definition) is 1. The predicted octanol–water partition coefficient (Wildman–Crippen LogP) is 4.13. The molecule has 0 unspecified atom stereocenters. The SMILES string of the molecule is C=C(OCC)c1cc(N2CC3(CC3)c3cnc(NC(C)=O)cc32)nc(C(C)(F)F)n1. The van der Waals surface area contributed by atoms with E-state index >= 15 is 0 Å². The molecule has 0 atom stereocenters. The van der Waals surface area contributed by atoms with E-state index < -0.39 is 11.7 Å². The zero-order valence-electron chi connectivity index (χ0n) is 17.1. The maximum Gasteiger partial charge on any atom is 0.303 e. The van der Waals surface area contributed by atoms with Gasteiger partial charge in [0.1, 0.15) is 23.1 Å². The predicted molar refractivity (Wildman–Crippen MR) is 109 cm³/mol. The topological polar surface area (TPSA) is 80.2 Å². The van der Waals surface area contributed by atoms with Crippen LogP contribution >= 0.6 is 0 Å².